The standard InChI is InChI=1S/C4H12Si.CH2N2/c1-5(2,3)4;1-3-2/h1-4H3;1H2. The summed E-state index contributed by atoms with van der Waals surface area (Å²) in [6.07, 6.45) is 0. The van der Waals surface area contributed by atoms with Crippen molar-refractivity contribution < 1.29 is 4.79 Å². The van der Waals surface area contributed by atoms with Crippen LogP contribution in [0.2, 0.25) is 26.2 Å². The molecule has 0 radical (unpaired) electrons. The summed E-state index contributed by atoms with van der Waals surface area (Å²) in [5.74, 6) is 0. The first-order valence-electron chi connectivity index (χ1n) is 2.52. The van der Waals surface area contributed by atoms with Crippen LogP contribution in [-0.4, -0.2) is 19.6 Å². The van der Waals surface area contributed by atoms with Gasteiger partial charge in [0.1, 0.15) is 0 Å². The van der Waals surface area contributed by atoms with Crippen molar-refractivity contribution >= 4 is 14.8 Å². The van der Waals surface area contributed by atoms with E-state index < -0.39 is 8.07 Å². The molecular formula is C5H14N2Si. The molecule has 0 aliphatic carbocycles. The minimum absolute atomic E-state index is 0.611. The van der Waals surface area contributed by atoms with Gasteiger partial charge in [-0.1, -0.05) is 26.2 Å². The Morgan fingerprint density at radius 3 is 1.25 bits per heavy atom. The molecule has 0 amide bonds. The predicted molar refractivity (Wildman–Crippen MR) is 40.0 cm³/mol. The van der Waals surface area contributed by atoms with Crippen LogP contribution in [0, 0.1) is 0 Å². The fraction of sp³-hybridized carbons (Fsp3) is 0.800. The smallest absolute Gasteiger partial charge is 0.245 e. The maximum atomic E-state index is 7.08. The summed E-state index contributed by atoms with van der Waals surface area (Å²) < 4.78 is 0. The quantitative estimate of drug-likeness (QED) is 0.208. The third kappa shape index (κ3) is 728. The summed E-state index contributed by atoms with van der Waals surface area (Å²) >= 11 is 0. The molecule has 3 heteroatoms. The molecule has 0 aromatic rings. The molecule has 0 fully saturated rings. The minimum atomic E-state index is -0.611. The van der Waals surface area contributed by atoms with E-state index >= 15 is 0 Å². The molecule has 0 unspecified atom stereocenters. The van der Waals surface area contributed by atoms with E-state index in [1.807, 2.05) is 0 Å². The maximum Gasteiger partial charge on any atom is 0.245 e. The molecule has 0 saturated carbocycles. The van der Waals surface area contributed by atoms with E-state index in [4.69, 9.17) is 5.53 Å². The lowest BCUT2D eigenvalue weighted by molar-refractivity contribution is 0.0110. The van der Waals surface area contributed by atoms with Crippen LogP contribution in [0.3, 0.4) is 0 Å². The molecule has 8 heavy (non-hydrogen) atoms. The first-order chi connectivity index (χ1) is 3.41. The predicted octanol–water partition coefficient (Wildman–Crippen LogP) is 1.87. The van der Waals surface area contributed by atoms with Crippen molar-refractivity contribution in [3.63, 3.8) is 0 Å². The lowest BCUT2D eigenvalue weighted by Crippen LogP contribution is -2.10. The van der Waals surface area contributed by atoms with E-state index in [2.05, 4.69) is 37.7 Å². The van der Waals surface area contributed by atoms with Crippen LogP contribution in [0.1, 0.15) is 0 Å². The van der Waals surface area contributed by atoms with Gasteiger partial charge in [-0.05, 0) is 0 Å². The molecule has 0 atom stereocenters. The third-order valence-corrected chi connectivity index (χ3v) is 0. The van der Waals surface area contributed by atoms with Gasteiger partial charge in [0.05, 0.1) is 0 Å². The second kappa shape index (κ2) is 4.75. The van der Waals surface area contributed by atoms with Gasteiger partial charge in [-0.15, -0.1) is 0 Å². The SMILES string of the molecule is C=[N+]=[N-].C[Si](C)(C)C. The fourth-order valence-electron chi connectivity index (χ4n) is 0. The highest BCUT2D eigenvalue weighted by Crippen LogP contribution is 1.94. The van der Waals surface area contributed by atoms with Crippen LogP contribution in [0.5, 0.6) is 0 Å². The lowest BCUT2D eigenvalue weighted by Gasteiger charge is -2.01. The second-order valence-electron chi connectivity index (χ2n) is 3.14. The van der Waals surface area contributed by atoms with Gasteiger partial charge in [0, 0.05) is 8.07 Å². The highest BCUT2D eigenvalue weighted by atomic mass is 28.3. The Labute approximate surface area is 52.2 Å². The number of rotatable bonds is 0. The Hall–Kier alpha value is -0.403. The van der Waals surface area contributed by atoms with Gasteiger partial charge < -0.3 is 5.53 Å². The Kier molecular flexibility index (Phi) is 6.26. The largest absolute Gasteiger partial charge is 0.362 e. The zero-order valence-corrected chi connectivity index (χ0v) is 7.10. The van der Waals surface area contributed by atoms with Gasteiger partial charge in [-0.25, -0.2) is 0 Å². The molecule has 0 saturated heterocycles. The van der Waals surface area contributed by atoms with Crippen LogP contribution in [-0.2, 0) is 0 Å². The minimum Gasteiger partial charge on any atom is -0.362 e. The van der Waals surface area contributed by atoms with Crippen molar-refractivity contribution in [2.24, 2.45) is 0 Å². The summed E-state index contributed by atoms with van der Waals surface area (Å²) in [4.78, 5) is 2.25. The molecule has 0 aliphatic heterocycles. The molecule has 0 aliphatic rings. The Morgan fingerprint density at radius 1 is 1.25 bits per heavy atom. The van der Waals surface area contributed by atoms with Crippen molar-refractivity contribution in [1.82, 2.24) is 0 Å². The molecule has 0 rings (SSSR count). The highest BCUT2D eigenvalue weighted by molar-refractivity contribution is 6.74. The normalized spacial score (nSPS) is 8.50. The maximum absolute atomic E-state index is 7.08. The lowest BCUT2D eigenvalue weighted by atomic mass is 11.8. The fourth-order valence-corrected chi connectivity index (χ4v) is 0. The Balaban J connectivity index is 0. The zero-order chi connectivity index (χ0) is 7.21. The van der Waals surface area contributed by atoms with Crippen LogP contribution in [0.15, 0.2) is 0 Å². The number of hydrogen-bond donors (Lipinski definition) is 0. The van der Waals surface area contributed by atoms with E-state index in [0.29, 0.717) is 0 Å². The average Bonchev–Trinajstić information content (AvgIpc) is 1.27. The van der Waals surface area contributed by atoms with Gasteiger partial charge in [0.15, 0.2) is 0 Å². The monoisotopic (exact) mass is 130 g/mol. The van der Waals surface area contributed by atoms with Crippen LogP contribution >= 0.6 is 0 Å². The number of nitrogens with zero attached hydrogens (tertiary/aromatic N) is 2. The van der Waals surface area contributed by atoms with Crippen molar-refractivity contribution in [3.05, 3.63) is 5.53 Å². The Morgan fingerprint density at radius 2 is 1.25 bits per heavy atom. The summed E-state index contributed by atoms with van der Waals surface area (Å²) in [6, 6.07) is 0. The van der Waals surface area contributed by atoms with Gasteiger partial charge >= 0.3 is 0 Å². The van der Waals surface area contributed by atoms with Gasteiger partial charge in [-0.3, -0.25) is 0 Å². The molecule has 0 heterocycles. The van der Waals surface area contributed by atoms with Crippen LogP contribution in [0.4, 0.5) is 0 Å². The van der Waals surface area contributed by atoms with E-state index in [-0.39, 0.29) is 0 Å². The zero-order valence-electron chi connectivity index (χ0n) is 6.10. The van der Waals surface area contributed by atoms with Gasteiger partial charge in [0.25, 0.3) is 0 Å². The van der Waals surface area contributed by atoms with Gasteiger partial charge in [-0.2, -0.15) is 4.79 Å². The number of hydrogen-bond acceptors (Lipinski definition) is 0. The molecule has 0 spiro atoms. The van der Waals surface area contributed by atoms with Crippen LogP contribution in [0.25, 0.3) is 5.53 Å². The molecule has 0 aromatic carbocycles. The van der Waals surface area contributed by atoms with E-state index in [9.17, 15) is 0 Å². The van der Waals surface area contributed by atoms with Crippen molar-refractivity contribution in [2.75, 3.05) is 0 Å². The second-order valence-corrected chi connectivity index (χ2v) is 9.14. The first kappa shape index (κ1) is 10.6. The van der Waals surface area contributed by atoms with E-state index in [1.54, 1.807) is 0 Å². The Bertz CT molecular complexity index is 70.9. The summed E-state index contributed by atoms with van der Waals surface area (Å²) in [6.45, 7) is 12.0. The summed E-state index contributed by atoms with van der Waals surface area (Å²) in [5.41, 5.74) is 7.08. The molecule has 2 nitrogen and oxygen atoms in total. The summed E-state index contributed by atoms with van der Waals surface area (Å²) in [7, 11) is -0.611. The molecule has 0 aromatic heterocycles. The topological polar surface area (TPSA) is 36.4 Å². The van der Waals surface area contributed by atoms with E-state index in [1.165, 1.54) is 0 Å². The van der Waals surface area contributed by atoms with Crippen molar-refractivity contribution in [1.29, 1.82) is 0 Å². The van der Waals surface area contributed by atoms with E-state index in [0.717, 1.165) is 0 Å². The van der Waals surface area contributed by atoms with Crippen LogP contribution < -0.4 is 0 Å². The molecule has 48 valence electrons. The average molecular weight is 130 g/mol. The molecule has 0 bridgehead atoms. The van der Waals surface area contributed by atoms with Crippen molar-refractivity contribution in [2.45, 2.75) is 26.2 Å². The third-order valence-electron chi connectivity index (χ3n) is 0. The first-order valence-corrected chi connectivity index (χ1v) is 6.52. The summed E-state index contributed by atoms with van der Waals surface area (Å²) in [5, 5.41) is 0. The van der Waals surface area contributed by atoms with Crippen molar-refractivity contribution in [3.8, 4) is 0 Å². The highest BCUT2D eigenvalue weighted by Gasteiger charge is 1.99. The molecule has 0 N–H and O–H groups in total. The van der Waals surface area contributed by atoms with Gasteiger partial charge in [0.2, 0.25) is 6.72 Å². The molecular weight excluding hydrogens is 116 g/mol.